The Balaban J connectivity index is 0.00000450. The van der Waals surface area contributed by atoms with Gasteiger partial charge in [0.2, 0.25) is 5.91 Å². The van der Waals surface area contributed by atoms with E-state index in [9.17, 15) is 4.79 Å². The van der Waals surface area contributed by atoms with E-state index in [1.165, 1.54) is 19.3 Å². The highest BCUT2D eigenvalue weighted by Gasteiger charge is 2.24. The number of aliphatic imine (C=N–C) groups is 1. The first-order valence-corrected chi connectivity index (χ1v) is 10.7. The summed E-state index contributed by atoms with van der Waals surface area (Å²) < 4.78 is 11.1. The summed E-state index contributed by atoms with van der Waals surface area (Å²) in [7, 11) is 3.48. The maximum Gasteiger partial charge on any atom is 0.243 e. The van der Waals surface area contributed by atoms with E-state index in [2.05, 4.69) is 20.5 Å². The van der Waals surface area contributed by atoms with Gasteiger partial charge in [-0.2, -0.15) is 0 Å². The molecule has 0 spiro atoms. The van der Waals surface area contributed by atoms with Crippen LogP contribution in [0.25, 0.3) is 0 Å². The maximum absolute atomic E-state index is 12.0. The average molecular weight is 535 g/mol. The number of carbonyl (C=O) groups excluding carboxylic acids is 1. The first kappa shape index (κ1) is 26.7. The van der Waals surface area contributed by atoms with Crippen LogP contribution in [0.2, 0.25) is 0 Å². The lowest BCUT2D eigenvalue weighted by Gasteiger charge is -2.33. The lowest BCUT2D eigenvalue weighted by Crippen LogP contribution is -2.45. The molecule has 1 fully saturated rings. The minimum atomic E-state index is -0.0287. The van der Waals surface area contributed by atoms with Gasteiger partial charge in [-0.15, -0.1) is 24.0 Å². The minimum Gasteiger partial charge on any atom is -0.468 e. The summed E-state index contributed by atoms with van der Waals surface area (Å²) in [5.41, 5.74) is 0. The molecule has 8 nitrogen and oxygen atoms in total. The van der Waals surface area contributed by atoms with Gasteiger partial charge < -0.3 is 24.7 Å². The molecule has 1 amide bonds. The quantitative estimate of drug-likeness (QED) is 0.196. The predicted octanol–water partition coefficient (Wildman–Crippen LogP) is 2.47. The molecule has 0 saturated carbocycles. The third-order valence-electron chi connectivity index (χ3n) is 5.00. The van der Waals surface area contributed by atoms with E-state index in [0.29, 0.717) is 19.1 Å². The van der Waals surface area contributed by atoms with E-state index in [0.717, 1.165) is 38.4 Å². The molecule has 2 rings (SSSR count). The molecule has 1 saturated heterocycles. The fourth-order valence-electron chi connectivity index (χ4n) is 3.30. The van der Waals surface area contributed by atoms with Crippen LogP contribution in [0.3, 0.4) is 0 Å². The molecule has 1 aliphatic heterocycles. The average Bonchev–Trinajstić information content (AvgIpc) is 3.26. The van der Waals surface area contributed by atoms with Gasteiger partial charge in [-0.3, -0.25) is 9.69 Å². The molecule has 1 aliphatic rings. The van der Waals surface area contributed by atoms with Gasteiger partial charge in [-0.1, -0.05) is 6.42 Å². The molecule has 0 radical (unpaired) electrons. The van der Waals surface area contributed by atoms with Crippen molar-refractivity contribution >= 4 is 35.8 Å². The van der Waals surface area contributed by atoms with Crippen LogP contribution in [0.4, 0.5) is 0 Å². The molecule has 1 aromatic heterocycles. The van der Waals surface area contributed by atoms with Crippen molar-refractivity contribution in [3.05, 3.63) is 24.2 Å². The Bertz CT molecular complexity index is 604. The van der Waals surface area contributed by atoms with Crippen LogP contribution in [0, 0.1) is 0 Å². The van der Waals surface area contributed by atoms with Crippen molar-refractivity contribution in [1.29, 1.82) is 0 Å². The maximum atomic E-state index is 12.0. The number of hydrogen-bond donors (Lipinski definition) is 2. The second-order valence-corrected chi connectivity index (χ2v) is 7.44. The van der Waals surface area contributed by atoms with E-state index in [1.54, 1.807) is 25.3 Å². The number of ether oxygens (including phenoxy) is 1. The summed E-state index contributed by atoms with van der Waals surface area (Å²) in [6.45, 7) is 7.07. The number of nitrogens with one attached hydrogen (secondary N) is 2. The first-order valence-electron chi connectivity index (χ1n) is 10.7. The summed E-state index contributed by atoms with van der Waals surface area (Å²) >= 11 is 0. The molecule has 1 atom stereocenters. The van der Waals surface area contributed by atoms with Gasteiger partial charge in [0.25, 0.3) is 0 Å². The standard InChI is InChI=1S/C21H37N5O3.HI/c1-4-28-14-9-11-22-21(24-17-20(27)25(2)3)23-16-18(19-10-8-15-29-19)26-12-6-5-7-13-26;/h8,10,15,18H,4-7,9,11-14,16-17H2,1-3H3,(H2,22,23,24);1H. The Labute approximate surface area is 197 Å². The van der Waals surface area contributed by atoms with Gasteiger partial charge in [-0.25, -0.2) is 4.99 Å². The SMILES string of the molecule is CCOCCCNC(=NCC(=O)N(C)C)NCC(c1ccco1)N1CCCCC1.I. The molecule has 0 aromatic carbocycles. The van der Waals surface area contributed by atoms with Crippen molar-refractivity contribution in [2.75, 3.05) is 60.0 Å². The zero-order valence-electron chi connectivity index (χ0n) is 18.6. The van der Waals surface area contributed by atoms with Crippen LogP contribution < -0.4 is 10.6 Å². The van der Waals surface area contributed by atoms with Crippen LogP contribution in [0.1, 0.15) is 44.4 Å². The Morgan fingerprint density at radius 1 is 1.30 bits per heavy atom. The lowest BCUT2D eigenvalue weighted by molar-refractivity contribution is -0.127. The molecule has 172 valence electrons. The lowest BCUT2D eigenvalue weighted by atomic mass is 10.1. The molecule has 0 bridgehead atoms. The van der Waals surface area contributed by atoms with Gasteiger partial charge in [0.15, 0.2) is 5.96 Å². The number of piperidine rings is 1. The zero-order chi connectivity index (χ0) is 20.9. The number of guanidine groups is 1. The van der Waals surface area contributed by atoms with E-state index in [4.69, 9.17) is 9.15 Å². The molecule has 30 heavy (non-hydrogen) atoms. The Morgan fingerprint density at radius 2 is 2.07 bits per heavy atom. The zero-order valence-corrected chi connectivity index (χ0v) is 20.9. The number of likely N-dealkylation sites (tertiary alicyclic amines) is 1. The number of furan rings is 1. The molecule has 2 N–H and O–H groups in total. The summed E-state index contributed by atoms with van der Waals surface area (Å²) in [5.74, 6) is 1.57. The Kier molecular flexibility index (Phi) is 13.8. The highest BCUT2D eigenvalue weighted by Crippen LogP contribution is 2.24. The molecule has 9 heteroatoms. The third kappa shape index (κ3) is 9.65. The molecule has 1 aromatic rings. The van der Waals surface area contributed by atoms with Crippen molar-refractivity contribution < 1.29 is 13.9 Å². The van der Waals surface area contributed by atoms with Crippen molar-refractivity contribution in [3.63, 3.8) is 0 Å². The number of halogens is 1. The summed E-state index contributed by atoms with van der Waals surface area (Å²) in [6.07, 6.45) is 6.32. The third-order valence-corrected chi connectivity index (χ3v) is 5.00. The second-order valence-electron chi connectivity index (χ2n) is 7.44. The van der Waals surface area contributed by atoms with Crippen molar-refractivity contribution in [2.24, 2.45) is 4.99 Å². The molecule has 2 heterocycles. The van der Waals surface area contributed by atoms with Gasteiger partial charge >= 0.3 is 0 Å². The van der Waals surface area contributed by atoms with E-state index in [1.807, 2.05) is 19.1 Å². The highest BCUT2D eigenvalue weighted by atomic mass is 127. The van der Waals surface area contributed by atoms with E-state index < -0.39 is 0 Å². The summed E-state index contributed by atoms with van der Waals surface area (Å²) in [5, 5.41) is 6.73. The second kappa shape index (κ2) is 15.5. The van der Waals surface area contributed by atoms with Crippen LogP contribution in [-0.4, -0.2) is 81.7 Å². The highest BCUT2D eigenvalue weighted by molar-refractivity contribution is 14.0. The normalized spacial score (nSPS) is 15.9. The first-order chi connectivity index (χ1) is 14.1. The number of amides is 1. The van der Waals surface area contributed by atoms with Gasteiger partial charge in [-0.05, 0) is 51.4 Å². The van der Waals surface area contributed by atoms with E-state index >= 15 is 0 Å². The predicted molar refractivity (Wildman–Crippen MR) is 130 cm³/mol. The fraction of sp³-hybridized carbons (Fsp3) is 0.714. The van der Waals surface area contributed by atoms with Crippen LogP contribution in [0.5, 0.6) is 0 Å². The van der Waals surface area contributed by atoms with Gasteiger partial charge in [0, 0.05) is 40.4 Å². The molecular weight excluding hydrogens is 497 g/mol. The topological polar surface area (TPSA) is 82.3 Å². The monoisotopic (exact) mass is 535 g/mol. The van der Waals surface area contributed by atoms with Crippen LogP contribution in [-0.2, 0) is 9.53 Å². The Morgan fingerprint density at radius 3 is 2.70 bits per heavy atom. The smallest absolute Gasteiger partial charge is 0.243 e. The minimum absolute atomic E-state index is 0. The number of nitrogens with zero attached hydrogens (tertiary/aromatic N) is 3. The fourth-order valence-corrected chi connectivity index (χ4v) is 3.30. The number of hydrogen-bond acceptors (Lipinski definition) is 5. The van der Waals surface area contributed by atoms with Crippen LogP contribution >= 0.6 is 24.0 Å². The largest absolute Gasteiger partial charge is 0.468 e. The van der Waals surface area contributed by atoms with Crippen molar-refractivity contribution in [2.45, 2.75) is 38.6 Å². The molecule has 0 aliphatic carbocycles. The Hall–Kier alpha value is -1.33. The molecule has 1 unspecified atom stereocenters. The number of rotatable bonds is 11. The number of carbonyl (C=O) groups is 1. The molecular formula is C21H38IN5O3. The van der Waals surface area contributed by atoms with Gasteiger partial charge in [0.05, 0.1) is 12.3 Å². The van der Waals surface area contributed by atoms with Crippen LogP contribution in [0.15, 0.2) is 27.8 Å². The van der Waals surface area contributed by atoms with Crippen molar-refractivity contribution in [1.82, 2.24) is 20.4 Å². The van der Waals surface area contributed by atoms with E-state index in [-0.39, 0.29) is 42.5 Å². The van der Waals surface area contributed by atoms with Crippen molar-refractivity contribution in [3.8, 4) is 0 Å². The number of likely N-dealkylation sites (N-methyl/N-ethyl adjacent to an activating group) is 1. The van der Waals surface area contributed by atoms with Gasteiger partial charge in [0.1, 0.15) is 12.3 Å². The summed E-state index contributed by atoms with van der Waals surface area (Å²) in [4.78, 5) is 20.4. The summed E-state index contributed by atoms with van der Waals surface area (Å²) in [6, 6.07) is 4.11.